The second-order valence-electron chi connectivity index (χ2n) is 7.89. The molecule has 3 rings (SSSR count). The SMILES string of the molecule is COc1ccc(S(=O)(=O)NC(CNC(=O)CN2CCN(c3ccc(C#N)cc3)CC2=O)C(=O)O)cc1. The van der Waals surface area contributed by atoms with E-state index in [0.29, 0.717) is 17.9 Å². The fourth-order valence-corrected chi connectivity index (χ4v) is 4.67. The van der Waals surface area contributed by atoms with E-state index in [0.717, 1.165) is 5.69 Å². The van der Waals surface area contributed by atoms with E-state index in [9.17, 15) is 27.9 Å². The maximum absolute atomic E-state index is 12.5. The van der Waals surface area contributed by atoms with Gasteiger partial charge in [-0.3, -0.25) is 14.4 Å². The highest BCUT2D eigenvalue weighted by Gasteiger charge is 2.28. The Morgan fingerprint density at radius 1 is 1.14 bits per heavy atom. The molecule has 1 aliphatic heterocycles. The number of nitrogens with zero attached hydrogens (tertiary/aromatic N) is 3. The smallest absolute Gasteiger partial charge is 0.323 e. The van der Waals surface area contributed by atoms with E-state index in [-0.39, 0.29) is 30.4 Å². The van der Waals surface area contributed by atoms with Crippen LogP contribution in [-0.2, 0) is 24.4 Å². The summed E-state index contributed by atoms with van der Waals surface area (Å²) in [4.78, 5) is 39.5. The molecule has 1 unspecified atom stereocenters. The number of methoxy groups -OCH3 is 1. The number of carboxylic acid groups (broad SMARTS) is 1. The summed E-state index contributed by atoms with van der Waals surface area (Å²) in [6.07, 6.45) is 0. The Morgan fingerprint density at radius 3 is 2.36 bits per heavy atom. The van der Waals surface area contributed by atoms with E-state index >= 15 is 0 Å². The molecule has 2 aromatic carbocycles. The molecule has 0 spiro atoms. The van der Waals surface area contributed by atoms with Crippen molar-refractivity contribution in [2.45, 2.75) is 10.9 Å². The first kappa shape index (κ1) is 26.5. The van der Waals surface area contributed by atoms with Crippen LogP contribution in [0.25, 0.3) is 0 Å². The van der Waals surface area contributed by atoms with Gasteiger partial charge in [-0.1, -0.05) is 0 Å². The number of benzene rings is 2. The first-order valence-electron chi connectivity index (χ1n) is 10.8. The Hall–Kier alpha value is -4.15. The molecule has 2 amide bonds. The molecule has 0 bridgehead atoms. The number of sulfonamides is 1. The van der Waals surface area contributed by atoms with Crippen molar-refractivity contribution >= 4 is 33.5 Å². The van der Waals surface area contributed by atoms with Crippen molar-refractivity contribution in [3.63, 3.8) is 0 Å². The fourth-order valence-electron chi connectivity index (χ4n) is 3.48. The molecule has 1 atom stereocenters. The summed E-state index contributed by atoms with van der Waals surface area (Å²) < 4.78 is 32.1. The van der Waals surface area contributed by atoms with Crippen molar-refractivity contribution < 1.29 is 32.6 Å². The summed E-state index contributed by atoms with van der Waals surface area (Å²) in [5.74, 6) is -1.96. The van der Waals surface area contributed by atoms with Crippen LogP contribution in [0.3, 0.4) is 0 Å². The molecular weight excluding hydrogens is 490 g/mol. The lowest BCUT2D eigenvalue weighted by Gasteiger charge is -2.35. The molecule has 0 aromatic heterocycles. The first-order chi connectivity index (χ1) is 17.1. The lowest BCUT2D eigenvalue weighted by atomic mass is 10.2. The summed E-state index contributed by atoms with van der Waals surface area (Å²) in [5.41, 5.74) is 1.28. The largest absolute Gasteiger partial charge is 0.497 e. The maximum atomic E-state index is 12.5. The van der Waals surface area contributed by atoms with Crippen LogP contribution in [0.2, 0.25) is 0 Å². The summed E-state index contributed by atoms with van der Waals surface area (Å²) in [7, 11) is -2.75. The standard InChI is InChI=1S/C23H25N5O7S/c1-35-18-6-8-19(9-7-18)36(33,34)26-20(23(31)32)13-25-21(29)14-28-11-10-27(15-22(28)30)17-4-2-16(12-24)3-5-17/h2-9,20,26H,10-11,13-15H2,1H3,(H,25,29)(H,31,32). The minimum absolute atomic E-state index is 0.0403. The molecule has 0 saturated carbocycles. The van der Waals surface area contributed by atoms with Gasteiger partial charge in [-0.15, -0.1) is 0 Å². The number of hydrogen-bond donors (Lipinski definition) is 3. The van der Waals surface area contributed by atoms with E-state index in [1.807, 2.05) is 11.0 Å². The number of nitriles is 1. The van der Waals surface area contributed by atoms with Crippen LogP contribution in [0.4, 0.5) is 5.69 Å². The van der Waals surface area contributed by atoms with Crippen molar-refractivity contribution in [2.75, 3.05) is 44.7 Å². The van der Waals surface area contributed by atoms with Crippen molar-refractivity contribution in [2.24, 2.45) is 0 Å². The third-order valence-corrected chi connectivity index (χ3v) is 6.97. The predicted octanol–water partition coefficient (Wildman–Crippen LogP) is -0.237. The summed E-state index contributed by atoms with van der Waals surface area (Å²) in [5, 5.41) is 20.7. The summed E-state index contributed by atoms with van der Waals surface area (Å²) >= 11 is 0. The molecule has 1 saturated heterocycles. The lowest BCUT2D eigenvalue weighted by molar-refractivity contribution is -0.139. The zero-order valence-electron chi connectivity index (χ0n) is 19.4. The summed E-state index contributed by atoms with van der Waals surface area (Å²) in [6.45, 7) is -0.0395. The number of carboxylic acids is 1. The Labute approximate surface area is 208 Å². The van der Waals surface area contributed by atoms with Gasteiger partial charge in [0.05, 0.1) is 36.7 Å². The fraction of sp³-hybridized carbons (Fsp3) is 0.304. The third-order valence-electron chi connectivity index (χ3n) is 5.48. The second-order valence-corrected chi connectivity index (χ2v) is 9.60. The van der Waals surface area contributed by atoms with Gasteiger partial charge in [0.1, 0.15) is 11.8 Å². The van der Waals surface area contributed by atoms with E-state index in [4.69, 9.17) is 10.00 Å². The van der Waals surface area contributed by atoms with Crippen LogP contribution in [-0.4, -0.2) is 82.1 Å². The molecule has 1 aliphatic rings. The molecular formula is C23H25N5O7S. The zero-order chi connectivity index (χ0) is 26.3. The number of anilines is 1. The molecule has 13 heteroatoms. The van der Waals surface area contributed by atoms with E-state index in [1.165, 1.54) is 36.3 Å². The molecule has 12 nitrogen and oxygen atoms in total. The van der Waals surface area contributed by atoms with Gasteiger partial charge < -0.3 is 25.0 Å². The number of amides is 2. The van der Waals surface area contributed by atoms with Gasteiger partial charge in [-0.2, -0.15) is 9.98 Å². The molecule has 1 fully saturated rings. The Bertz CT molecular complexity index is 1260. The monoisotopic (exact) mass is 515 g/mol. The lowest BCUT2D eigenvalue weighted by Crippen LogP contribution is -2.54. The highest BCUT2D eigenvalue weighted by Crippen LogP contribution is 2.18. The van der Waals surface area contributed by atoms with Crippen LogP contribution >= 0.6 is 0 Å². The van der Waals surface area contributed by atoms with Crippen LogP contribution in [0, 0.1) is 11.3 Å². The number of aliphatic carboxylic acids is 1. The van der Waals surface area contributed by atoms with Crippen LogP contribution in [0.1, 0.15) is 5.56 Å². The average molecular weight is 516 g/mol. The first-order valence-corrected chi connectivity index (χ1v) is 12.3. The van der Waals surface area contributed by atoms with Gasteiger partial charge in [0.25, 0.3) is 0 Å². The minimum Gasteiger partial charge on any atom is -0.497 e. The van der Waals surface area contributed by atoms with E-state index < -0.39 is 34.5 Å². The van der Waals surface area contributed by atoms with E-state index in [1.54, 1.807) is 24.3 Å². The van der Waals surface area contributed by atoms with Gasteiger partial charge in [-0.05, 0) is 48.5 Å². The Kier molecular flexibility index (Phi) is 8.46. The molecule has 0 radical (unpaired) electrons. The van der Waals surface area contributed by atoms with Crippen molar-refractivity contribution in [3.8, 4) is 11.8 Å². The number of ether oxygens (including phenoxy) is 1. The zero-order valence-corrected chi connectivity index (χ0v) is 20.2. The number of rotatable bonds is 10. The number of carbonyl (C=O) groups is 3. The van der Waals surface area contributed by atoms with Crippen LogP contribution in [0.15, 0.2) is 53.4 Å². The van der Waals surface area contributed by atoms with Crippen LogP contribution in [0.5, 0.6) is 5.75 Å². The van der Waals surface area contributed by atoms with Crippen molar-refractivity contribution in [3.05, 3.63) is 54.1 Å². The third kappa shape index (κ3) is 6.71. The number of piperazine rings is 1. The highest BCUT2D eigenvalue weighted by atomic mass is 32.2. The Balaban J connectivity index is 1.52. The number of hydrogen-bond acceptors (Lipinski definition) is 8. The van der Waals surface area contributed by atoms with E-state index in [2.05, 4.69) is 10.0 Å². The van der Waals surface area contributed by atoms with Crippen LogP contribution < -0.4 is 19.7 Å². The molecule has 1 heterocycles. The quantitative estimate of drug-likeness (QED) is 0.387. The number of carbonyl (C=O) groups excluding carboxylic acids is 2. The number of nitrogens with one attached hydrogen (secondary N) is 2. The molecule has 3 N–H and O–H groups in total. The van der Waals surface area contributed by atoms with Crippen molar-refractivity contribution in [1.29, 1.82) is 5.26 Å². The molecule has 2 aromatic rings. The molecule has 0 aliphatic carbocycles. The van der Waals surface area contributed by atoms with Crippen molar-refractivity contribution in [1.82, 2.24) is 14.9 Å². The highest BCUT2D eigenvalue weighted by molar-refractivity contribution is 7.89. The Morgan fingerprint density at radius 2 is 1.81 bits per heavy atom. The maximum Gasteiger partial charge on any atom is 0.323 e. The molecule has 190 valence electrons. The van der Waals surface area contributed by atoms with Gasteiger partial charge in [0.2, 0.25) is 21.8 Å². The molecule has 36 heavy (non-hydrogen) atoms. The second kappa shape index (κ2) is 11.5. The topological polar surface area (TPSA) is 169 Å². The van der Waals surface area contributed by atoms with Gasteiger partial charge in [-0.25, -0.2) is 8.42 Å². The normalized spacial score (nSPS) is 14.6. The minimum atomic E-state index is -4.18. The van der Waals surface area contributed by atoms with Gasteiger partial charge in [0, 0.05) is 25.3 Å². The summed E-state index contributed by atoms with van der Waals surface area (Å²) in [6, 6.07) is 12.6. The average Bonchev–Trinajstić information content (AvgIpc) is 2.87. The van der Waals surface area contributed by atoms with Gasteiger partial charge >= 0.3 is 5.97 Å². The van der Waals surface area contributed by atoms with Gasteiger partial charge in [0.15, 0.2) is 0 Å². The predicted molar refractivity (Wildman–Crippen MR) is 128 cm³/mol.